The number of para-hydroxylation sites is 1. The Morgan fingerprint density at radius 3 is 2.50 bits per heavy atom. The van der Waals surface area contributed by atoms with Crippen LogP contribution in [0.1, 0.15) is 11.1 Å². The number of anilines is 1. The summed E-state index contributed by atoms with van der Waals surface area (Å²) in [5.41, 5.74) is 5.65. The van der Waals surface area contributed by atoms with Crippen molar-refractivity contribution >= 4 is 17.6 Å². The van der Waals surface area contributed by atoms with E-state index in [1.165, 1.54) is 5.56 Å². The second-order valence-electron chi connectivity index (χ2n) is 7.27. The van der Waals surface area contributed by atoms with Crippen molar-refractivity contribution in [3.8, 4) is 28.4 Å². The predicted molar refractivity (Wildman–Crippen MR) is 124 cm³/mol. The first-order valence-electron chi connectivity index (χ1n) is 10.1. The second-order valence-corrected chi connectivity index (χ2v) is 7.67. The fourth-order valence-electron chi connectivity index (χ4n) is 3.33. The van der Waals surface area contributed by atoms with Gasteiger partial charge in [0, 0.05) is 41.8 Å². The standard InChI is InChI=1S/C24H19ClN6O/c1-16-6-8-17(9-7-16)22-19(15-31(30-22)21-5-3-2-4-20(21)25)14-27-24-29-28-23(32-24)18-10-12-26-13-11-18/h2-13,15H,14H2,1H3,(H,27,29). The van der Waals surface area contributed by atoms with Crippen LogP contribution in [-0.4, -0.2) is 25.0 Å². The highest BCUT2D eigenvalue weighted by molar-refractivity contribution is 6.32. The van der Waals surface area contributed by atoms with Crippen LogP contribution in [0.5, 0.6) is 0 Å². The van der Waals surface area contributed by atoms with E-state index in [9.17, 15) is 0 Å². The molecule has 32 heavy (non-hydrogen) atoms. The molecule has 0 unspecified atom stereocenters. The molecule has 3 heterocycles. The number of halogens is 1. The van der Waals surface area contributed by atoms with E-state index in [0.717, 1.165) is 28.1 Å². The average Bonchev–Trinajstić information content (AvgIpc) is 3.47. The zero-order valence-electron chi connectivity index (χ0n) is 17.2. The lowest BCUT2D eigenvalue weighted by Gasteiger charge is -2.04. The van der Waals surface area contributed by atoms with E-state index in [1.54, 1.807) is 17.1 Å². The molecule has 0 atom stereocenters. The first-order chi connectivity index (χ1) is 15.7. The van der Waals surface area contributed by atoms with Crippen LogP contribution in [0.2, 0.25) is 5.02 Å². The molecule has 5 aromatic rings. The van der Waals surface area contributed by atoms with Gasteiger partial charge in [-0.1, -0.05) is 58.7 Å². The summed E-state index contributed by atoms with van der Waals surface area (Å²) in [5.74, 6) is 0.431. The Hall–Kier alpha value is -3.97. The summed E-state index contributed by atoms with van der Waals surface area (Å²) < 4.78 is 7.55. The number of nitrogens with one attached hydrogen (secondary N) is 1. The monoisotopic (exact) mass is 442 g/mol. The molecular weight excluding hydrogens is 424 g/mol. The van der Waals surface area contributed by atoms with Gasteiger partial charge in [0.05, 0.1) is 16.4 Å². The Balaban J connectivity index is 1.45. The van der Waals surface area contributed by atoms with Crippen molar-refractivity contribution in [1.29, 1.82) is 0 Å². The second kappa shape index (κ2) is 8.64. The van der Waals surface area contributed by atoms with Crippen LogP contribution in [0, 0.1) is 6.92 Å². The quantitative estimate of drug-likeness (QED) is 0.371. The lowest BCUT2D eigenvalue weighted by Crippen LogP contribution is -2.00. The summed E-state index contributed by atoms with van der Waals surface area (Å²) in [4.78, 5) is 4.01. The number of benzene rings is 2. The van der Waals surface area contributed by atoms with E-state index in [2.05, 4.69) is 51.7 Å². The van der Waals surface area contributed by atoms with Crippen LogP contribution >= 0.6 is 11.6 Å². The van der Waals surface area contributed by atoms with E-state index in [0.29, 0.717) is 23.5 Å². The molecule has 3 aromatic heterocycles. The molecule has 2 aromatic carbocycles. The Labute approximate surface area is 189 Å². The van der Waals surface area contributed by atoms with Gasteiger partial charge in [0.2, 0.25) is 5.89 Å². The number of aromatic nitrogens is 5. The fourth-order valence-corrected chi connectivity index (χ4v) is 3.55. The molecule has 0 aliphatic rings. The molecular formula is C24H19ClN6O. The van der Waals surface area contributed by atoms with E-state index in [1.807, 2.05) is 42.6 Å². The van der Waals surface area contributed by atoms with Gasteiger partial charge in [0.1, 0.15) is 0 Å². The predicted octanol–water partition coefficient (Wildman–Crippen LogP) is 5.56. The minimum Gasteiger partial charge on any atom is -0.403 e. The number of aryl methyl sites for hydroxylation is 1. The Bertz CT molecular complexity index is 1340. The first-order valence-corrected chi connectivity index (χ1v) is 10.4. The van der Waals surface area contributed by atoms with Gasteiger partial charge in [0.25, 0.3) is 0 Å². The van der Waals surface area contributed by atoms with Crippen LogP contribution in [0.15, 0.2) is 83.7 Å². The SMILES string of the molecule is Cc1ccc(-c2nn(-c3ccccc3Cl)cc2CNc2nnc(-c3ccncc3)o2)cc1. The highest BCUT2D eigenvalue weighted by Gasteiger charge is 2.15. The minimum absolute atomic E-state index is 0.331. The molecule has 8 heteroatoms. The van der Waals surface area contributed by atoms with Crippen molar-refractivity contribution in [2.45, 2.75) is 13.5 Å². The highest BCUT2D eigenvalue weighted by Crippen LogP contribution is 2.27. The van der Waals surface area contributed by atoms with Crippen molar-refractivity contribution in [1.82, 2.24) is 25.0 Å². The molecule has 0 amide bonds. The molecule has 5 rings (SSSR count). The zero-order chi connectivity index (χ0) is 21.9. The number of pyridine rings is 1. The molecule has 0 aliphatic carbocycles. The topological polar surface area (TPSA) is 81.7 Å². The van der Waals surface area contributed by atoms with Crippen LogP contribution in [0.25, 0.3) is 28.4 Å². The molecule has 0 spiro atoms. The number of hydrogen-bond donors (Lipinski definition) is 1. The third kappa shape index (κ3) is 4.10. The molecule has 158 valence electrons. The van der Waals surface area contributed by atoms with Crippen molar-refractivity contribution in [3.05, 3.63) is 95.4 Å². The van der Waals surface area contributed by atoms with Gasteiger partial charge in [-0.25, -0.2) is 4.68 Å². The van der Waals surface area contributed by atoms with Crippen molar-refractivity contribution < 1.29 is 4.42 Å². The maximum Gasteiger partial charge on any atom is 0.316 e. The molecule has 0 aliphatic heterocycles. The summed E-state index contributed by atoms with van der Waals surface area (Å²) in [6.45, 7) is 2.51. The molecule has 0 bridgehead atoms. The summed E-state index contributed by atoms with van der Waals surface area (Å²) in [5, 5.41) is 16.9. The van der Waals surface area contributed by atoms with E-state index in [-0.39, 0.29) is 0 Å². The fraction of sp³-hybridized carbons (Fsp3) is 0.0833. The molecule has 1 N–H and O–H groups in total. The highest BCUT2D eigenvalue weighted by atomic mass is 35.5. The number of rotatable bonds is 6. The lowest BCUT2D eigenvalue weighted by atomic mass is 10.1. The van der Waals surface area contributed by atoms with Crippen LogP contribution < -0.4 is 5.32 Å². The van der Waals surface area contributed by atoms with Gasteiger partial charge < -0.3 is 9.73 Å². The molecule has 7 nitrogen and oxygen atoms in total. The summed E-state index contributed by atoms with van der Waals surface area (Å²) in [7, 11) is 0. The summed E-state index contributed by atoms with van der Waals surface area (Å²) in [6, 6.07) is 19.8. The summed E-state index contributed by atoms with van der Waals surface area (Å²) in [6.07, 6.45) is 5.33. The van der Waals surface area contributed by atoms with E-state index < -0.39 is 0 Å². The van der Waals surface area contributed by atoms with E-state index in [4.69, 9.17) is 21.1 Å². The van der Waals surface area contributed by atoms with Gasteiger partial charge in [-0.3, -0.25) is 4.98 Å². The van der Waals surface area contributed by atoms with Crippen molar-refractivity contribution in [2.24, 2.45) is 0 Å². The lowest BCUT2D eigenvalue weighted by molar-refractivity contribution is 0.581. The smallest absolute Gasteiger partial charge is 0.316 e. The maximum absolute atomic E-state index is 6.41. The first kappa shape index (κ1) is 20.0. The largest absolute Gasteiger partial charge is 0.403 e. The van der Waals surface area contributed by atoms with Gasteiger partial charge in [0.15, 0.2) is 0 Å². The Morgan fingerprint density at radius 1 is 0.938 bits per heavy atom. The molecule has 0 fully saturated rings. The zero-order valence-corrected chi connectivity index (χ0v) is 18.0. The number of nitrogens with zero attached hydrogens (tertiary/aromatic N) is 5. The third-order valence-corrected chi connectivity index (χ3v) is 5.32. The average molecular weight is 443 g/mol. The van der Waals surface area contributed by atoms with Crippen molar-refractivity contribution in [3.63, 3.8) is 0 Å². The van der Waals surface area contributed by atoms with Gasteiger partial charge in [-0.15, -0.1) is 5.10 Å². The van der Waals surface area contributed by atoms with Gasteiger partial charge in [-0.05, 0) is 31.2 Å². The number of hydrogen-bond acceptors (Lipinski definition) is 6. The molecule has 0 saturated carbocycles. The van der Waals surface area contributed by atoms with Gasteiger partial charge in [-0.2, -0.15) is 5.10 Å². The van der Waals surface area contributed by atoms with E-state index >= 15 is 0 Å². The van der Waals surface area contributed by atoms with Crippen molar-refractivity contribution in [2.75, 3.05) is 5.32 Å². The Kier molecular flexibility index (Phi) is 5.39. The minimum atomic E-state index is 0.331. The third-order valence-electron chi connectivity index (χ3n) is 5.00. The van der Waals surface area contributed by atoms with Gasteiger partial charge >= 0.3 is 6.01 Å². The maximum atomic E-state index is 6.41. The molecule has 0 radical (unpaired) electrons. The Morgan fingerprint density at radius 2 is 1.72 bits per heavy atom. The van der Waals surface area contributed by atoms with Crippen LogP contribution in [0.3, 0.4) is 0 Å². The normalized spacial score (nSPS) is 10.9. The summed E-state index contributed by atoms with van der Waals surface area (Å²) >= 11 is 6.41. The van der Waals surface area contributed by atoms with Crippen LogP contribution in [-0.2, 0) is 6.54 Å². The molecule has 0 saturated heterocycles. The van der Waals surface area contributed by atoms with Crippen LogP contribution in [0.4, 0.5) is 6.01 Å².